The molecule has 1 aromatic heterocycles. The van der Waals surface area contributed by atoms with Gasteiger partial charge in [-0.3, -0.25) is 9.63 Å². The van der Waals surface area contributed by atoms with E-state index in [1.807, 2.05) is 0 Å². The summed E-state index contributed by atoms with van der Waals surface area (Å²) in [7, 11) is 0. The maximum atomic E-state index is 13.6. The number of hydroxylamine groups is 1. The molecule has 146 valence electrons. The molecule has 10 heteroatoms. The van der Waals surface area contributed by atoms with Crippen LogP contribution in [-0.2, 0) is 22.2 Å². The molecular weight excluding hydrogens is 380 g/mol. The zero-order chi connectivity index (χ0) is 20.3. The van der Waals surface area contributed by atoms with Gasteiger partial charge in [0.05, 0.1) is 16.8 Å². The largest absolute Gasteiger partial charge is 0.416 e. The summed E-state index contributed by atoms with van der Waals surface area (Å²) >= 11 is 0. The van der Waals surface area contributed by atoms with Gasteiger partial charge < -0.3 is 5.73 Å². The van der Waals surface area contributed by atoms with E-state index in [4.69, 9.17) is 10.6 Å². The number of nitrogens with one attached hydrogen (secondary N) is 1. The summed E-state index contributed by atoms with van der Waals surface area (Å²) in [5.41, 5.74) is 7.61. The zero-order valence-corrected chi connectivity index (χ0v) is 14.3. The normalized spacial score (nSPS) is 17.8. The average molecular weight is 394 g/mol. The highest BCUT2D eigenvalue weighted by atomic mass is 19.4. The number of nitrogens with zero attached hydrogens (tertiary/aromatic N) is 2. The van der Waals surface area contributed by atoms with Gasteiger partial charge in [-0.15, -0.1) is 0 Å². The van der Waals surface area contributed by atoms with Crippen LogP contribution in [0.2, 0.25) is 0 Å². The van der Waals surface area contributed by atoms with E-state index in [0.29, 0.717) is 11.6 Å². The highest BCUT2D eigenvalue weighted by Crippen LogP contribution is 2.31. The van der Waals surface area contributed by atoms with E-state index in [-0.39, 0.29) is 35.7 Å². The van der Waals surface area contributed by atoms with E-state index in [2.05, 4.69) is 15.5 Å². The molecule has 1 aliphatic rings. The standard InChI is InChI=1S/C18H14F4N4O2/c19-13-5-11(4-12(7-13)18(20,21)22)3-10-1-2-24-16(6-10)25-15-9-28-26-17(27)14(15)8-23/h1-2,4-8H,3,9,23H2,(H,26,27)/b14-8+,25-15?. The molecule has 1 aromatic carbocycles. The van der Waals surface area contributed by atoms with Crippen LogP contribution in [0.3, 0.4) is 0 Å². The van der Waals surface area contributed by atoms with Crippen molar-refractivity contribution in [2.75, 3.05) is 6.61 Å². The summed E-state index contributed by atoms with van der Waals surface area (Å²) in [6, 6.07) is 5.47. The molecule has 28 heavy (non-hydrogen) atoms. The lowest BCUT2D eigenvalue weighted by Crippen LogP contribution is -2.38. The van der Waals surface area contributed by atoms with Crippen LogP contribution in [0, 0.1) is 5.82 Å². The number of alkyl halides is 3. The van der Waals surface area contributed by atoms with Gasteiger partial charge in [-0.25, -0.2) is 19.8 Å². The van der Waals surface area contributed by atoms with Crippen molar-refractivity contribution in [2.45, 2.75) is 12.6 Å². The lowest BCUT2D eigenvalue weighted by molar-refractivity contribution is -0.137. The first-order valence-electron chi connectivity index (χ1n) is 8.00. The number of hydrogen-bond donors (Lipinski definition) is 2. The Balaban J connectivity index is 1.88. The number of nitrogens with two attached hydrogens (primary N) is 1. The number of carbonyl (C=O) groups excluding carboxylic acids is 1. The molecule has 2 aromatic rings. The summed E-state index contributed by atoms with van der Waals surface area (Å²) in [6.07, 6.45) is -2.10. The van der Waals surface area contributed by atoms with Gasteiger partial charge in [0.2, 0.25) is 0 Å². The summed E-state index contributed by atoms with van der Waals surface area (Å²) < 4.78 is 52.1. The van der Waals surface area contributed by atoms with E-state index < -0.39 is 23.5 Å². The van der Waals surface area contributed by atoms with Gasteiger partial charge in [0.15, 0.2) is 5.82 Å². The second kappa shape index (κ2) is 7.77. The number of aromatic nitrogens is 1. The van der Waals surface area contributed by atoms with Gasteiger partial charge in [-0.05, 0) is 47.9 Å². The van der Waals surface area contributed by atoms with E-state index in [9.17, 15) is 22.4 Å². The molecule has 0 bridgehead atoms. The molecule has 0 unspecified atom stereocenters. The number of aliphatic imine (C=N–C) groups is 1. The number of amides is 1. The molecule has 6 nitrogen and oxygen atoms in total. The number of pyridine rings is 1. The topological polar surface area (TPSA) is 89.6 Å². The van der Waals surface area contributed by atoms with Gasteiger partial charge in [0.25, 0.3) is 5.91 Å². The predicted octanol–water partition coefficient (Wildman–Crippen LogP) is 2.81. The third kappa shape index (κ3) is 4.52. The summed E-state index contributed by atoms with van der Waals surface area (Å²) in [5, 5.41) is 0. The van der Waals surface area contributed by atoms with Crippen molar-refractivity contribution in [2.24, 2.45) is 10.7 Å². The highest BCUT2D eigenvalue weighted by molar-refractivity contribution is 6.23. The number of carbonyl (C=O) groups is 1. The van der Waals surface area contributed by atoms with Crippen LogP contribution in [0.1, 0.15) is 16.7 Å². The molecule has 0 radical (unpaired) electrons. The molecule has 3 rings (SSSR count). The molecule has 3 N–H and O–H groups in total. The van der Waals surface area contributed by atoms with Crippen LogP contribution in [0.5, 0.6) is 0 Å². The van der Waals surface area contributed by atoms with Crippen LogP contribution in [0.15, 0.2) is 53.3 Å². The minimum absolute atomic E-state index is 0.0283. The third-order valence-electron chi connectivity index (χ3n) is 3.85. The first-order chi connectivity index (χ1) is 13.3. The molecule has 0 saturated carbocycles. The molecule has 0 atom stereocenters. The van der Waals surface area contributed by atoms with Crippen molar-refractivity contribution in [3.05, 3.63) is 70.8 Å². The highest BCUT2D eigenvalue weighted by Gasteiger charge is 2.31. The lowest BCUT2D eigenvalue weighted by Gasteiger charge is -2.16. The Morgan fingerprint density at radius 2 is 2.04 bits per heavy atom. The van der Waals surface area contributed by atoms with E-state index in [0.717, 1.165) is 18.3 Å². The Labute approximate surface area is 156 Å². The number of rotatable bonds is 3. The molecule has 0 spiro atoms. The summed E-state index contributed by atoms with van der Waals surface area (Å²) in [6.45, 7) is -0.0283. The van der Waals surface area contributed by atoms with Crippen molar-refractivity contribution in [3.63, 3.8) is 0 Å². The van der Waals surface area contributed by atoms with Crippen molar-refractivity contribution >= 4 is 17.4 Å². The van der Waals surface area contributed by atoms with Crippen LogP contribution in [0.4, 0.5) is 23.4 Å². The van der Waals surface area contributed by atoms with Crippen molar-refractivity contribution < 1.29 is 27.2 Å². The molecule has 1 fully saturated rings. The average Bonchev–Trinajstić information content (AvgIpc) is 2.61. The number of benzene rings is 1. The molecule has 2 heterocycles. The smallest absolute Gasteiger partial charge is 0.404 e. The monoisotopic (exact) mass is 394 g/mol. The number of halogens is 4. The van der Waals surface area contributed by atoms with E-state index in [1.54, 1.807) is 6.07 Å². The molecule has 1 saturated heterocycles. The van der Waals surface area contributed by atoms with Crippen LogP contribution in [0.25, 0.3) is 0 Å². The van der Waals surface area contributed by atoms with Gasteiger partial charge >= 0.3 is 6.18 Å². The maximum absolute atomic E-state index is 13.6. The SMILES string of the molecule is N/C=C1/C(=O)NOCC1=Nc1cc(Cc2cc(F)cc(C(F)(F)F)c2)ccn1. The predicted molar refractivity (Wildman–Crippen MR) is 91.9 cm³/mol. The minimum atomic E-state index is -4.64. The quantitative estimate of drug-likeness (QED) is 0.619. The Bertz CT molecular complexity index is 970. The second-order valence-electron chi connectivity index (χ2n) is 5.90. The van der Waals surface area contributed by atoms with E-state index in [1.165, 1.54) is 12.3 Å². The maximum Gasteiger partial charge on any atom is 0.416 e. The fraction of sp³-hybridized carbons (Fsp3) is 0.167. The first-order valence-corrected chi connectivity index (χ1v) is 8.00. The summed E-state index contributed by atoms with van der Waals surface area (Å²) in [5.74, 6) is -1.32. The van der Waals surface area contributed by atoms with Crippen LogP contribution < -0.4 is 11.2 Å². The number of hydrogen-bond acceptors (Lipinski definition) is 5. The van der Waals surface area contributed by atoms with Gasteiger partial charge in [-0.1, -0.05) is 0 Å². The summed E-state index contributed by atoms with van der Waals surface area (Å²) in [4.78, 5) is 24.8. The minimum Gasteiger partial charge on any atom is -0.404 e. The molecule has 0 aliphatic carbocycles. The van der Waals surface area contributed by atoms with Gasteiger partial charge in [-0.2, -0.15) is 13.2 Å². The fourth-order valence-corrected chi connectivity index (χ4v) is 2.62. The lowest BCUT2D eigenvalue weighted by atomic mass is 10.0. The Hall–Kier alpha value is -3.27. The van der Waals surface area contributed by atoms with Gasteiger partial charge in [0, 0.05) is 12.4 Å². The van der Waals surface area contributed by atoms with Crippen molar-refractivity contribution in [1.82, 2.24) is 10.5 Å². The van der Waals surface area contributed by atoms with Crippen molar-refractivity contribution in [1.29, 1.82) is 0 Å². The fourth-order valence-electron chi connectivity index (χ4n) is 2.62. The van der Waals surface area contributed by atoms with Crippen LogP contribution >= 0.6 is 0 Å². The Morgan fingerprint density at radius 1 is 1.25 bits per heavy atom. The van der Waals surface area contributed by atoms with Gasteiger partial charge in [0.1, 0.15) is 12.4 Å². The Kier molecular flexibility index (Phi) is 5.41. The van der Waals surface area contributed by atoms with E-state index >= 15 is 0 Å². The van der Waals surface area contributed by atoms with Crippen molar-refractivity contribution in [3.8, 4) is 0 Å². The third-order valence-corrected chi connectivity index (χ3v) is 3.85. The first kappa shape index (κ1) is 19.5. The van der Waals surface area contributed by atoms with Crippen LogP contribution in [-0.4, -0.2) is 23.2 Å². The molecule has 1 aliphatic heterocycles. The second-order valence-corrected chi connectivity index (χ2v) is 5.90. The Morgan fingerprint density at radius 3 is 2.75 bits per heavy atom. The zero-order valence-electron chi connectivity index (χ0n) is 14.3. The molecule has 1 amide bonds. The molecular formula is C18H14F4N4O2.